The lowest BCUT2D eigenvalue weighted by Crippen LogP contribution is -2.55. The highest BCUT2D eigenvalue weighted by atomic mass is 16.6. The number of carbonyl (C=O) groups excluding carboxylic acids is 3. The van der Waals surface area contributed by atoms with Crippen LogP contribution in [-0.2, 0) is 14.3 Å². The molecule has 0 radical (unpaired) electrons. The van der Waals surface area contributed by atoms with Gasteiger partial charge in [-0.2, -0.15) is 0 Å². The van der Waals surface area contributed by atoms with Crippen molar-refractivity contribution in [2.45, 2.75) is 119 Å². The summed E-state index contributed by atoms with van der Waals surface area (Å²) >= 11 is 0. The fourth-order valence-corrected chi connectivity index (χ4v) is 4.14. The summed E-state index contributed by atoms with van der Waals surface area (Å²) in [7, 11) is 0. The molecule has 0 aliphatic carbocycles. The highest BCUT2D eigenvalue weighted by Gasteiger charge is 2.38. The van der Waals surface area contributed by atoms with Crippen LogP contribution in [0.5, 0.6) is 0 Å². The summed E-state index contributed by atoms with van der Waals surface area (Å²) in [6.07, 6.45) is 2.51. The molecule has 7 nitrogen and oxygen atoms in total. The van der Waals surface area contributed by atoms with Crippen LogP contribution in [0, 0.1) is 19.8 Å². The van der Waals surface area contributed by atoms with Crippen molar-refractivity contribution in [3.63, 3.8) is 0 Å². The third-order valence-corrected chi connectivity index (χ3v) is 6.42. The van der Waals surface area contributed by atoms with Crippen LogP contribution in [0.1, 0.15) is 104 Å². The van der Waals surface area contributed by atoms with Gasteiger partial charge in [0.05, 0.1) is 0 Å². The van der Waals surface area contributed by atoms with E-state index >= 15 is 0 Å². The number of benzene rings is 1. The Hall–Kier alpha value is -2.57. The molecule has 4 unspecified atom stereocenters. The van der Waals surface area contributed by atoms with Gasteiger partial charge in [0.1, 0.15) is 17.7 Å². The molecule has 1 aromatic rings. The molecule has 0 aliphatic rings. The first-order valence-electron chi connectivity index (χ1n) is 13.4. The molecule has 1 aromatic carbocycles. The minimum atomic E-state index is -0.814. The van der Waals surface area contributed by atoms with Crippen molar-refractivity contribution in [3.8, 4) is 0 Å². The monoisotopic (exact) mass is 503 g/mol. The number of nitrogens with one attached hydrogen (secondary N) is 2. The van der Waals surface area contributed by atoms with Crippen molar-refractivity contribution >= 4 is 17.9 Å². The van der Waals surface area contributed by atoms with Gasteiger partial charge in [0.15, 0.2) is 0 Å². The lowest BCUT2D eigenvalue weighted by Gasteiger charge is -2.36. The maximum Gasteiger partial charge on any atom is 0.408 e. The maximum absolute atomic E-state index is 14.1. The average Bonchev–Trinajstić information content (AvgIpc) is 2.77. The topological polar surface area (TPSA) is 87.7 Å². The predicted molar refractivity (Wildman–Crippen MR) is 146 cm³/mol. The predicted octanol–water partition coefficient (Wildman–Crippen LogP) is 5.83. The Morgan fingerprint density at radius 3 is 2.11 bits per heavy atom. The molecule has 0 saturated carbocycles. The van der Waals surface area contributed by atoms with E-state index in [2.05, 4.69) is 17.6 Å². The quantitative estimate of drug-likeness (QED) is 0.376. The minimum Gasteiger partial charge on any atom is -0.444 e. The number of alkyl carbamates (subject to hydrolysis) is 1. The van der Waals surface area contributed by atoms with Gasteiger partial charge in [-0.25, -0.2) is 4.79 Å². The highest BCUT2D eigenvalue weighted by Crippen LogP contribution is 2.27. The summed E-state index contributed by atoms with van der Waals surface area (Å²) in [5.74, 6) is -0.633. The maximum atomic E-state index is 14.1. The molecule has 204 valence electrons. The Bertz CT molecular complexity index is 878. The summed E-state index contributed by atoms with van der Waals surface area (Å²) in [6, 6.07) is 4.27. The van der Waals surface area contributed by atoms with Gasteiger partial charge in [-0.1, -0.05) is 58.7 Å². The molecular weight excluding hydrogens is 454 g/mol. The first kappa shape index (κ1) is 31.5. The smallest absolute Gasteiger partial charge is 0.408 e. The van der Waals surface area contributed by atoms with E-state index < -0.39 is 23.8 Å². The number of carbonyl (C=O) groups is 3. The van der Waals surface area contributed by atoms with Crippen LogP contribution in [0.3, 0.4) is 0 Å². The normalized spacial score (nSPS) is 14.8. The Kier molecular flexibility index (Phi) is 12.4. The summed E-state index contributed by atoms with van der Waals surface area (Å²) in [4.78, 5) is 42.1. The second-order valence-corrected chi connectivity index (χ2v) is 11.0. The standard InChI is InChI=1S/C29H49N3O4/c1-11-14-22(7)30-26(33)25(23-16-15-20(5)21(6)18-23)32(17-12-2)27(34)24(19(4)13-3)31-28(35)36-29(8,9)10/h15-16,18-19,22,24-25H,11-14,17H2,1-10H3,(H,30,33)(H,31,35). The van der Waals surface area contributed by atoms with E-state index in [1.54, 1.807) is 25.7 Å². The third-order valence-electron chi connectivity index (χ3n) is 6.42. The molecular formula is C29H49N3O4. The zero-order chi connectivity index (χ0) is 27.6. The van der Waals surface area contributed by atoms with Crippen molar-refractivity contribution in [1.29, 1.82) is 0 Å². The SMILES string of the molecule is CCCC(C)NC(=O)C(c1ccc(C)c(C)c1)N(CCC)C(=O)C(NC(=O)OC(C)(C)C)C(C)CC. The Morgan fingerprint density at radius 2 is 1.61 bits per heavy atom. The summed E-state index contributed by atoms with van der Waals surface area (Å²) in [6.45, 7) is 19.7. The van der Waals surface area contributed by atoms with Gasteiger partial charge in [-0.3, -0.25) is 9.59 Å². The van der Waals surface area contributed by atoms with Crippen LogP contribution < -0.4 is 10.6 Å². The number of hydrogen-bond acceptors (Lipinski definition) is 4. The van der Waals surface area contributed by atoms with E-state index in [9.17, 15) is 14.4 Å². The first-order chi connectivity index (χ1) is 16.7. The van der Waals surface area contributed by atoms with Gasteiger partial charge in [0, 0.05) is 12.6 Å². The van der Waals surface area contributed by atoms with E-state index in [-0.39, 0.29) is 23.8 Å². The van der Waals surface area contributed by atoms with Crippen LogP contribution in [-0.4, -0.2) is 47.0 Å². The summed E-state index contributed by atoms with van der Waals surface area (Å²) < 4.78 is 5.45. The molecule has 0 saturated heterocycles. The molecule has 0 heterocycles. The van der Waals surface area contributed by atoms with Crippen LogP contribution in [0.25, 0.3) is 0 Å². The Labute approximate surface area is 218 Å². The summed E-state index contributed by atoms with van der Waals surface area (Å²) in [5, 5.41) is 5.92. The molecule has 0 aliphatic heterocycles. The van der Waals surface area contributed by atoms with Crippen LogP contribution in [0.15, 0.2) is 18.2 Å². The molecule has 36 heavy (non-hydrogen) atoms. The van der Waals surface area contributed by atoms with E-state index in [1.807, 2.05) is 59.7 Å². The van der Waals surface area contributed by atoms with Gasteiger partial charge >= 0.3 is 6.09 Å². The number of hydrogen-bond donors (Lipinski definition) is 2. The van der Waals surface area contributed by atoms with Gasteiger partial charge in [-0.15, -0.1) is 0 Å². The third kappa shape index (κ3) is 9.47. The van der Waals surface area contributed by atoms with Gasteiger partial charge in [0.25, 0.3) is 0 Å². The van der Waals surface area contributed by atoms with Crippen molar-refractivity contribution in [2.24, 2.45) is 5.92 Å². The molecule has 0 bridgehead atoms. The van der Waals surface area contributed by atoms with Crippen molar-refractivity contribution in [2.75, 3.05) is 6.54 Å². The van der Waals surface area contributed by atoms with Crippen LogP contribution >= 0.6 is 0 Å². The van der Waals surface area contributed by atoms with E-state index in [0.29, 0.717) is 19.4 Å². The second-order valence-electron chi connectivity index (χ2n) is 11.0. The number of nitrogens with zero attached hydrogens (tertiary/aromatic N) is 1. The number of rotatable bonds is 12. The molecule has 4 atom stereocenters. The number of amides is 3. The van der Waals surface area contributed by atoms with Gasteiger partial charge in [-0.05, 0) is 77.0 Å². The Balaban J connectivity index is 3.51. The van der Waals surface area contributed by atoms with E-state index in [4.69, 9.17) is 4.74 Å². The molecule has 0 aromatic heterocycles. The van der Waals surface area contributed by atoms with Gasteiger partial charge in [0.2, 0.25) is 11.8 Å². The minimum absolute atomic E-state index is 0.0135. The lowest BCUT2D eigenvalue weighted by molar-refractivity contribution is -0.143. The largest absolute Gasteiger partial charge is 0.444 e. The second kappa shape index (κ2) is 14.2. The Morgan fingerprint density at radius 1 is 0.972 bits per heavy atom. The first-order valence-corrected chi connectivity index (χ1v) is 13.4. The van der Waals surface area contributed by atoms with Crippen LogP contribution in [0.4, 0.5) is 4.79 Å². The van der Waals surface area contributed by atoms with Crippen molar-refractivity contribution in [3.05, 3.63) is 34.9 Å². The zero-order valence-corrected chi connectivity index (χ0v) is 24.2. The number of aryl methyl sites for hydroxylation is 2. The lowest BCUT2D eigenvalue weighted by atomic mass is 9.94. The van der Waals surface area contributed by atoms with Crippen molar-refractivity contribution in [1.82, 2.24) is 15.5 Å². The number of ether oxygens (including phenoxy) is 1. The molecule has 2 N–H and O–H groups in total. The molecule has 7 heteroatoms. The van der Waals surface area contributed by atoms with Crippen molar-refractivity contribution < 1.29 is 19.1 Å². The molecule has 1 rings (SSSR count). The highest BCUT2D eigenvalue weighted by molar-refractivity contribution is 5.92. The average molecular weight is 504 g/mol. The molecule has 3 amide bonds. The van der Waals surface area contributed by atoms with Gasteiger partial charge < -0.3 is 20.3 Å². The van der Waals surface area contributed by atoms with E-state index in [1.165, 1.54) is 0 Å². The molecule has 0 spiro atoms. The summed E-state index contributed by atoms with van der Waals surface area (Å²) in [5.41, 5.74) is 2.25. The molecule has 0 fully saturated rings. The van der Waals surface area contributed by atoms with Crippen LogP contribution in [0.2, 0.25) is 0 Å². The zero-order valence-electron chi connectivity index (χ0n) is 24.2. The van der Waals surface area contributed by atoms with E-state index in [0.717, 1.165) is 29.5 Å². The fraction of sp³-hybridized carbons (Fsp3) is 0.690. The fourth-order valence-electron chi connectivity index (χ4n) is 4.14.